The van der Waals surface area contributed by atoms with Gasteiger partial charge in [0.1, 0.15) is 8.07 Å². The normalized spacial score (nSPS) is 11.0. The first-order valence-electron chi connectivity index (χ1n) is 7.66. The number of hydrogen-bond donors (Lipinski definition) is 0. The van der Waals surface area contributed by atoms with Crippen LogP contribution < -0.4 is 10.4 Å². The minimum Gasteiger partial charge on any atom is -0.103 e. The maximum absolute atomic E-state index is 3.93. The highest BCUT2D eigenvalue weighted by Crippen LogP contribution is 2.21. The average Bonchev–Trinajstić information content (AvgIpc) is 2.57. The van der Waals surface area contributed by atoms with Gasteiger partial charge in [-0.2, -0.15) is 0 Å². The van der Waals surface area contributed by atoms with Gasteiger partial charge in [0.25, 0.3) is 0 Å². The summed E-state index contributed by atoms with van der Waals surface area (Å²) < 4.78 is 0. The van der Waals surface area contributed by atoms with Crippen LogP contribution >= 0.6 is 0 Å². The van der Waals surface area contributed by atoms with Gasteiger partial charge in [-0.25, -0.2) is 0 Å². The molecule has 0 aliphatic rings. The number of allylic oxidation sites excluding steroid dienone is 2. The lowest BCUT2D eigenvalue weighted by atomic mass is 10.4. The fourth-order valence-electron chi connectivity index (χ4n) is 3.08. The van der Waals surface area contributed by atoms with Gasteiger partial charge < -0.3 is 0 Å². The summed E-state index contributed by atoms with van der Waals surface area (Å²) in [5, 5.41) is 3.06. The summed E-state index contributed by atoms with van der Waals surface area (Å²) in [4.78, 5) is 0. The summed E-state index contributed by atoms with van der Waals surface area (Å²) in [5.41, 5.74) is 0. The SMILES string of the molecule is C=CCC[Si](CCC=C)(c1ccccc1)c1ccccc1. The van der Waals surface area contributed by atoms with Crippen LogP contribution in [0, 0.1) is 0 Å². The van der Waals surface area contributed by atoms with Gasteiger partial charge in [-0.05, 0) is 24.9 Å². The van der Waals surface area contributed by atoms with Crippen LogP contribution in [0.5, 0.6) is 0 Å². The van der Waals surface area contributed by atoms with E-state index in [1.165, 1.54) is 22.5 Å². The second-order valence-electron chi connectivity index (χ2n) is 5.47. The highest BCUT2D eigenvalue weighted by Gasteiger charge is 2.35. The average molecular weight is 292 g/mol. The summed E-state index contributed by atoms with van der Waals surface area (Å²) >= 11 is 0. The Hall–Kier alpha value is -1.86. The van der Waals surface area contributed by atoms with Crippen molar-refractivity contribution in [3.8, 4) is 0 Å². The molecule has 0 aliphatic heterocycles. The number of hydrogen-bond acceptors (Lipinski definition) is 0. The van der Waals surface area contributed by atoms with Gasteiger partial charge in [0.15, 0.2) is 0 Å². The van der Waals surface area contributed by atoms with E-state index in [1.807, 2.05) is 0 Å². The molecule has 0 fully saturated rings. The predicted molar refractivity (Wildman–Crippen MR) is 97.1 cm³/mol. The van der Waals surface area contributed by atoms with Gasteiger partial charge >= 0.3 is 0 Å². The molecular weight excluding hydrogens is 268 g/mol. The van der Waals surface area contributed by atoms with Crippen molar-refractivity contribution in [2.45, 2.75) is 24.9 Å². The zero-order chi connectivity index (χ0) is 15.0. The first-order valence-corrected chi connectivity index (χ1v) is 10.1. The zero-order valence-corrected chi connectivity index (χ0v) is 13.7. The van der Waals surface area contributed by atoms with E-state index in [9.17, 15) is 0 Å². The van der Waals surface area contributed by atoms with E-state index < -0.39 is 8.07 Å². The Bertz CT molecular complexity index is 503. The summed E-state index contributed by atoms with van der Waals surface area (Å²) in [7, 11) is -1.73. The molecule has 2 aromatic rings. The quantitative estimate of drug-likeness (QED) is 0.499. The third kappa shape index (κ3) is 3.62. The standard InChI is InChI=1S/C20H24Si/c1-3-5-17-21(18-6-4-2,19-13-9-7-10-14-19)20-15-11-8-12-16-20/h3-4,7-16H,1-2,5-6,17-18H2. The minimum atomic E-state index is -1.73. The molecule has 0 saturated heterocycles. The van der Waals surface area contributed by atoms with Gasteiger partial charge in [0, 0.05) is 0 Å². The molecule has 0 heterocycles. The van der Waals surface area contributed by atoms with Crippen LogP contribution in [-0.4, -0.2) is 8.07 Å². The first kappa shape index (κ1) is 15.5. The molecule has 0 N–H and O–H groups in total. The molecule has 0 unspecified atom stereocenters. The van der Waals surface area contributed by atoms with Crippen LogP contribution in [0.3, 0.4) is 0 Å². The molecular formula is C20H24Si. The largest absolute Gasteiger partial charge is 0.118 e. The molecule has 0 radical (unpaired) electrons. The smallest absolute Gasteiger partial charge is 0.103 e. The Morgan fingerprint density at radius 1 is 0.667 bits per heavy atom. The maximum atomic E-state index is 3.93. The molecule has 108 valence electrons. The summed E-state index contributed by atoms with van der Waals surface area (Å²) in [6, 6.07) is 24.6. The van der Waals surface area contributed by atoms with Crippen molar-refractivity contribution in [2.75, 3.05) is 0 Å². The second kappa shape index (κ2) is 7.80. The van der Waals surface area contributed by atoms with Crippen molar-refractivity contribution in [1.29, 1.82) is 0 Å². The van der Waals surface area contributed by atoms with Crippen LogP contribution in [0.2, 0.25) is 12.1 Å². The van der Waals surface area contributed by atoms with Gasteiger partial charge in [-0.15, -0.1) is 13.2 Å². The monoisotopic (exact) mass is 292 g/mol. The molecule has 21 heavy (non-hydrogen) atoms. The Morgan fingerprint density at radius 3 is 1.38 bits per heavy atom. The molecule has 2 aromatic carbocycles. The van der Waals surface area contributed by atoms with Crippen molar-refractivity contribution in [3.05, 3.63) is 86.0 Å². The molecule has 0 saturated carbocycles. The minimum absolute atomic E-state index is 1.08. The number of benzene rings is 2. The van der Waals surface area contributed by atoms with E-state index >= 15 is 0 Å². The van der Waals surface area contributed by atoms with Gasteiger partial charge in [-0.1, -0.05) is 83.2 Å². The van der Waals surface area contributed by atoms with Crippen LogP contribution in [-0.2, 0) is 0 Å². The van der Waals surface area contributed by atoms with Crippen molar-refractivity contribution >= 4 is 18.4 Å². The lowest BCUT2D eigenvalue weighted by Crippen LogP contribution is -2.57. The second-order valence-corrected chi connectivity index (χ2v) is 9.79. The Kier molecular flexibility index (Phi) is 5.76. The van der Waals surface area contributed by atoms with E-state index in [4.69, 9.17) is 0 Å². The molecule has 0 nitrogen and oxygen atoms in total. The Balaban J connectivity index is 2.52. The fraction of sp³-hybridized carbons (Fsp3) is 0.200. The molecule has 0 bridgehead atoms. The lowest BCUT2D eigenvalue weighted by molar-refractivity contribution is 1.10. The van der Waals surface area contributed by atoms with E-state index in [-0.39, 0.29) is 0 Å². The fourth-order valence-corrected chi connectivity index (χ4v) is 7.87. The van der Waals surface area contributed by atoms with Crippen LogP contribution in [0.15, 0.2) is 86.0 Å². The summed E-state index contributed by atoms with van der Waals surface area (Å²) in [6.45, 7) is 7.87. The molecule has 0 amide bonds. The third-order valence-corrected chi connectivity index (χ3v) is 9.36. The highest BCUT2D eigenvalue weighted by atomic mass is 28.3. The topological polar surface area (TPSA) is 0 Å². The Labute approximate surface area is 129 Å². The number of rotatable bonds is 8. The lowest BCUT2D eigenvalue weighted by Gasteiger charge is -2.33. The van der Waals surface area contributed by atoms with Crippen molar-refractivity contribution in [2.24, 2.45) is 0 Å². The summed E-state index contributed by atoms with van der Waals surface area (Å²) in [6.07, 6.45) is 6.27. The first-order chi connectivity index (χ1) is 10.3. The third-order valence-electron chi connectivity index (χ3n) is 4.20. The van der Waals surface area contributed by atoms with Crippen LogP contribution in [0.4, 0.5) is 0 Å². The molecule has 0 spiro atoms. The molecule has 1 heteroatoms. The molecule has 2 rings (SSSR count). The molecule has 0 atom stereocenters. The van der Waals surface area contributed by atoms with Crippen LogP contribution in [0.1, 0.15) is 12.8 Å². The van der Waals surface area contributed by atoms with Crippen molar-refractivity contribution < 1.29 is 0 Å². The molecule has 0 aliphatic carbocycles. The van der Waals surface area contributed by atoms with Gasteiger partial charge in [-0.3, -0.25) is 0 Å². The predicted octanol–water partition coefficient (Wildman–Crippen LogP) is 4.40. The van der Waals surface area contributed by atoms with E-state index in [1.54, 1.807) is 0 Å². The van der Waals surface area contributed by atoms with E-state index in [2.05, 4.69) is 86.0 Å². The Morgan fingerprint density at radius 2 is 1.05 bits per heavy atom. The van der Waals surface area contributed by atoms with Crippen LogP contribution in [0.25, 0.3) is 0 Å². The highest BCUT2D eigenvalue weighted by molar-refractivity contribution is 7.02. The van der Waals surface area contributed by atoms with Crippen molar-refractivity contribution in [1.82, 2.24) is 0 Å². The maximum Gasteiger partial charge on any atom is 0.118 e. The van der Waals surface area contributed by atoms with E-state index in [0.29, 0.717) is 0 Å². The summed E-state index contributed by atoms with van der Waals surface area (Å²) in [5.74, 6) is 0. The zero-order valence-electron chi connectivity index (χ0n) is 12.7. The van der Waals surface area contributed by atoms with Gasteiger partial charge in [0.05, 0.1) is 0 Å². The van der Waals surface area contributed by atoms with Crippen molar-refractivity contribution in [3.63, 3.8) is 0 Å². The molecule has 0 aromatic heterocycles. The van der Waals surface area contributed by atoms with E-state index in [0.717, 1.165) is 12.8 Å². The van der Waals surface area contributed by atoms with Gasteiger partial charge in [0.2, 0.25) is 0 Å².